The quantitative estimate of drug-likeness (QED) is 0.692. The van der Waals surface area contributed by atoms with Gasteiger partial charge >= 0.3 is 5.97 Å². The second-order valence-electron chi connectivity index (χ2n) is 4.18. The Morgan fingerprint density at radius 3 is 2.50 bits per heavy atom. The lowest BCUT2D eigenvalue weighted by atomic mass is 10.1. The van der Waals surface area contributed by atoms with Crippen molar-refractivity contribution >= 4 is 11.9 Å². The van der Waals surface area contributed by atoms with Crippen LogP contribution in [0.5, 0.6) is 0 Å². The third-order valence-electron chi connectivity index (χ3n) is 2.76. The summed E-state index contributed by atoms with van der Waals surface area (Å²) in [5, 5.41) is 10.7. The molecule has 1 saturated heterocycles. The van der Waals surface area contributed by atoms with Crippen molar-refractivity contribution in [2.45, 2.75) is 32.1 Å². The molecule has 1 aliphatic heterocycles. The number of likely N-dealkylation sites (tertiary alicyclic amines) is 1. The van der Waals surface area contributed by atoms with Crippen LogP contribution in [0.3, 0.4) is 0 Å². The summed E-state index contributed by atoms with van der Waals surface area (Å²) in [6.07, 6.45) is 5.06. The molecule has 5 heteroatoms. The first kappa shape index (κ1) is 13.0. The van der Waals surface area contributed by atoms with Gasteiger partial charge in [-0.25, -0.2) is 0 Å². The summed E-state index contributed by atoms with van der Waals surface area (Å²) < 4.78 is 0. The summed E-state index contributed by atoms with van der Waals surface area (Å²) >= 11 is 0. The number of carbonyl (C=O) groups is 2. The molecule has 0 aromatic heterocycles. The fourth-order valence-electron chi connectivity index (χ4n) is 1.91. The molecule has 92 valence electrons. The van der Waals surface area contributed by atoms with Gasteiger partial charge in [-0.15, -0.1) is 0 Å². The smallest absolute Gasteiger partial charge is 0.322 e. The van der Waals surface area contributed by atoms with Crippen LogP contribution in [0.4, 0.5) is 0 Å². The molecule has 1 heterocycles. The first-order chi connectivity index (χ1) is 7.68. The van der Waals surface area contributed by atoms with Gasteiger partial charge in [0.25, 0.3) is 0 Å². The molecule has 1 fully saturated rings. The normalized spacial score (nSPS) is 17.0. The van der Waals surface area contributed by atoms with Gasteiger partial charge in [0, 0.05) is 6.42 Å². The van der Waals surface area contributed by atoms with Crippen molar-refractivity contribution in [2.75, 3.05) is 26.2 Å². The summed E-state index contributed by atoms with van der Waals surface area (Å²) in [5.41, 5.74) is 0. The second kappa shape index (κ2) is 7.22. The lowest BCUT2D eigenvalue weighted by molar-refractivity contribution is -0.137. The molecule has 1 amide bonds. The first-order valence-electron chi connectivity index (χ1n) is 5.89. The maximum atomic E-state index is 11.2. The molecule has 1 aliphatic rings. The number of nitrogens with zero attached hydrogens (tertiary/aromatic N) is 1. The van der Waals surface area contributed by atoms with E-state index in [-0.39, 0.29) is 12.5 Å². The van der Waals surface area contributed by atoms with E-state index in [1.165, 1.54) is 19.3 Å². The van der Waals surface area contributed by atoms with Crippen molar-refractivity contribution in [3.8, 4) is 0 Å². The van der Waals surface area contributed by atoms with Gasteiger partial charge < -0.3 is 15.3 Å². The van der Waals surface area contributed by atoms with Gasteiger partial charge in [-0.2, -0.15) is 0 Å². The average molecular weight is 228 g/mol. The molecule has 0 bridgehead atoms. The van der Waals surface area contributed by atoms with Crippen LogP contribution in [0, 0.1) is 0 Å². The van der Waals surface area contributed by atoms with Crippen LogP contribution in [0.25, 0.3) is 0 Å². The minimum Gasteiger partial charge on any atom is -0.480 e. The number of amides is 1. The topological polar surface area (TPSA) is 69.6 Å². The SMILES string of the molecule is O=C(O)CNC(=O)CCCN1CCCCC1. The fraction of sp³-hybridized carbons (Fsp3) is 0.818. The summed E-state index contributed by atoms with van der Waals surface area (Å²) in [6, 6.07) is 0. The van der Waals surface area contributed by atoms with Gasteiger partial charge in [-0.1, -0.05) is 6.42 Å². The zero-order chi connectivity index (χ0) is 11.8. The second-order valence-corrected chi connectivity index (χ2v) is 4.18. The monoisotopic (exact) mass is 228 g/mol. The lowest BCUT2D eigenvalue weighted by Crippen LogP contribution is -2.32. The van der Waals surface area contributed by atoms with Gasteiger partial charge in [-0.05, 0) is 38.9 Å². The predicted molar refractivity (Wildman–Crippen MR) is 60.2 cm³/mol. The highest BCUT2D eigenvalue weighted by molar-refractivity contribution is 5.80. The summed E-state index contributed by atoms with van der Waals surface area (Å²) in [4.78, 5) is 23.8. The van der Waals surface area contributed by atoms with Gasteiger partial charge in [0.05, 0.1) is 0 Å². The zero-order valence-electron chi connectivity index (χ0n) is 9.57. The molecule has 0 spiro atoms. The van der Waals surface area contributed by atoms with Crippen LogP contribution in [-0.4, -0.2) is 48.1 Å². The van der Waals surface area contributed by atoms with Crippen molar-refractivity contribution < 1.29 is 14.7 Å². The van der Waals surface area contributed by atoms with E-state index >= 15 is 0 Å². The Labute approximate surface area is 95.8 Å². The number of aliphatic carboxylic acids is 1. The predicted octanol–water partition coefficient (Wildman–Crippen LogP) is 0.453. The van der Waals surface area contributed by atoms with Gasteiger partial charge in [0.2, 0.25) is 5.91 Å². The number of piperidine rings is 1. The number of hydrogen-bond acceptors (Lipinski definition) is 3. The molecular formula is C11H20N2O3. The molecule has 0 aliphatic carbocycles. The van der Waals surface area contributed by atoms with Crippen LogP contribution < -0.4 is 5.32 Å². The molecule has 16 heavy (non-hydrogen) atoms. The van der Waals surface area contributed by atoms with Crippen LogP contribution in [0.2, 0.25) is 0 Å². The van der Waals surface area contributed by atoms with Crippen molar-refractivity contribution in [1.29, 1.82) is 0 Å². The zero-order valence-corrected chi connectivity index (χ0v) is 9.57. The van der Waals surface area contributed by atoms with E-state index in [0.29, 0.717) is 6.42 Å². The Balaban J connectivity index is 2.01. The van der Waals surface area contributed by atoms with Crippen LogP contribution >= 0.6 is 0 Å². The van der Waals surface area contributed by atoms with Crippen molar-refractivity contribution in [3.05, 3.63) is 0 Å². The van der Waals surface area contributed by atoms with Crippen LogP contribution in [0.15, 0.2) is 0 Å². The molecule has 0 aromatic rings. The van der Waals surface area contributed by atoms with E-state index in [1.54, 1.807) is 0 Å². The minimum atomic E-state index is -0.996. The molecule has 0 aromatic carbocycles. The molecular weight excluding hydrogens is 208 g/mol. The van der Waals surface area contributed by atoms with Gasteiger partial charge in [0.15, 0.2) is 0 Å². The number of carbonyl (C=O) groups excluding carboxylic acids is 1. The molecule has 1 rings (SSSR count). The van der Waals surface area contributed by atoms with Crippen LogP contribution in [-0.2, 0) is 9.59 Å². The molecule has 2 N–H and O–H groups in total. The largest absolute Gasteiger partial charge is 0.480 e. The number of carboxylic acid groups (broad SMARTS) is 1. The Kier molecular flexibility index (Phi) is 5.85. The maximum absolute atomic E-state index is 11.2. The fourth-order valence-corrected chi connectivity index (χ4v) is 1.91. The van der Waals surface area contributed by atoms with Crippen LogP contribution in [0.1, 0.15) is 32.1 Å². The van der Waals surface area contributed by atoms with E-state index in [9.17, 15) is 9.59 Å². The standard InChI is InChI=1S/C11H20N2O3/c14-10(12-9-11(15)16)5-4-8-13-6-2-1-3-7-13/h1-9H2,(H,12,14)(H,15,16). The Morgan fingerprint density at radius 2 is 1.88 bits per heavy atom. The van der Waals surface area contributed by atoms with Crippen molar-refractivity contribution in [2.24, 2.45) is 0 Å². The van der Waals surface area contributed by atoms with Crippen molar-refractivity contribution in [3.63, 3.8) is 0 Å². The molecule has 0 atom stereocenters. The molecule has 0 radical (unpaired) electrons. The molecule has 0 unspecified atom stereocenters. The first-order valence-corrected chi connectivity index (χ1v) is 5.89. The number of carboxylic acids is 1. The summed E-state index contributed by atoms with van der Waals surface area (Å²) in [5.74, 6) is -1.16. The number of hydrogen-bond donors (Lipinski definition) is 2. The van der Waals surface area contributed by atoms with E-state index in [1.807, 2.05) is 0 Å². The maximum Gasteiger partial charge on any atom is 0.322 e. The number of nitrogens with one attached hydrogen (secondary N) is 1. The highest BCUT2D eigenvalue weighted by Crippen LogP contribution is 2.09. The summed E-state index contributed by atoms with van der Waals surface area (Å²) in [6.45, 7) is 2.94. The van der Waals surface area contributed by atoms with E-state index in [0.717, 1.165) is 26.1 Å². The highest BCUT2D eigenvalue weighted by Gasteiger charge is 2.10. The van der Waals surface area contributed by atoms with E-state index in [4.69, 9.17) is 5.11 Å². The minimum absolute atomic E-state index is 0.167. The third-order valence-corrected chi connectivity index (χ3v) is 2.76. The highest BCUT2D eigenvalue weighted by atomic mass is 16.4. The third kappa shape index (κ3) is 5.70. The Bertz CT molecular complexity index is 237. The number of rotatable bonds is 6. The van der Waals surface area contributed by atoms with E-state index in [2.05, 4.69) is 10.2 Å². The molecule has 5 nitrogen and oxygen atoms in total. The lowest BCUT2D eigenvalue weighted by Gasteiger charge is -2.26. The Morgan fingerprint density at radius 1 is 1.19 bits per heavy atom. The molecule has 0 saturated carbocycles. The van der Waals surface area contributed by atoms with Crippen molar-refractivity contribution in [1.82, 2.24) is 10.2 Å². The summed E-state index contributed by atoms with van der Waals surface area (Å²) in [7, 11) is 0. The van der Waals surface area contributed by atoms with Gasteiger partial charge in [-0.3, -0.25) is 9.59 Å². The average Bonchev–Trinajstić information content (AvgIpc) is 2.28. The Hall–Kier alpha value is -1.10. The van der Waals surface area contributed by atoms with Gasteiger partial charge in [0.1, 0.15) is 6.54 Å². The van der Waals surface area contributed by atoms with E-state index < -0.39 is 5.97 Å².